The van der Waals surface area contributed by atoms with Crippen molar-refractivity contribution in [1.82, 2.24) is 10.3 Å². The lowest BCUT2D eigenvalue weighted by Crippen LogP contribution is -2.38. The van der Waals surface area contributed by atoms with Gasteiger partial charge < -0.3 is 10.4 Å². The summed E-state index contributed by atoms with van der Waals surface area (Å²) in [4.78, 5) is 15.5. The van der Waals surface area contributed by atoms with Gasteiger partial charge in [0.2, 0.25) is 0 Å². The van der Waals surface area contributed by atoms with E-state index in [4.69, 9.17) is 5.11 Å². The molecule has 4 heteroatoms. The van der Waals surface area contributed by atoms with Gasteiger partial charge in [-0.15, -0.1) is 0 Å². The number of rotatable bonds is 4. The van der Waals surface area contributed by atoms with E-state index in [2.05, 4.69) is 10.3 Å². The third-order valence-corrected chi connectivity index (χ3v) is 2.42. The summed E-state index contributed by atoms with van der Waals surface area (Å²) in [6.45, 7) is 3.82. The van der Waals surface area contributed by atoms with Crippen molar-refractivity contribution in [2.24, 2.45) is 5.92 Å². The minimum atomic E-state index is -0.157. The predicted molar refractivity (Wildman–Crippen MR) is 57.4 cm³/mol. The molecule has 0 saturated heterocycles. The highest BCUT2D eigenvalue weighted by atomic mass is 16.3. The molecule has 0 aromatic carbocycles. The highest BCUT2D eigenvalue weighted by Crippen LogP contribution is 2.03. The number of aliphatic hydroxyl groups excluding tert-OH is 1. The van der Waals surface area contributed by atoms with E-state index in [-0.39, 0.29) is 24.5 Å². The van der Waals surface area contributed by atoms with Crippen molar-refractivity contribution < 1.29 is 9.90 Å². The van der Waals surface area contributed by atoms with Crippen molar-refractivity contribution >= 4 is 5.91 Å². The van der Waals surface area contributed by atoms with Crippen LogP contribution in [0.1, 0.15) is 24.2 Å². The van der Waals surface area contributed by atoms with E-state index in [0.717, 1.165) is 0 Å². The molecule has 0 bridgehead atoms. The first-order valence-corrected chi connectivity index (χ1v) is 4.97. The standard InChI is InChI=1S/C11H16N2O2/c1-8(7-14)9(2)13-11(15)10-4-3-5-12-6-10/h3-6,8-9,14H,7H2,1-2H3,(H,13,15). The largest absolute Gasteiger partial charge is 0.396 e. The number of hydrogen-bond donors (Lipinski definition) is 2. The van der Waals surface area contributed by atoms with Crippen LogP contribution < -0.4 is 5.32 Å². The van der Waals surface area contributed by atoms with Crippen LogP contribution in [-0.4, -0.2) is 28.6 Å². The Kier molecular flexibility index (Phi) is 4.24. The molecule has 1 heterocycles. The molecule has 0 saturated carbocycles. The Morgan fingerprint density at radius 2 is 2.33 bits per heavy atom. The lowest BCUT2D eigenvalue weighted by molar-refractivity contribution is 0.0916. The van der Waals surface area contributed by atoms with Gasteiger partial charge in [0.05, 0.1) is 5.56 Å². The number of nitrogens with one attached hydrogen (secondary N) is 1. The zero-order chi connectivity index (χ0) is 11.3. The van der Waals surface area contributed by atoms with Crippen LogP contribution in [0.15, 0.2) is 24.5 Å². The maximum Gasteiger partial charge on any atom is 0.253 e. The third-order valence-electron chi connectivity index (χ3n) is 2.42. The molecule has 0 spiro atoms. The highest BCUT2D eigenvalue weighted by molar-refractivity contribution is 5.93. The fraction of sp³-hybridized carbons (Fsp3) is 0.455. The van der Waals surface area contributed by atoms with Gasteiger partial charge in [-0.05, 0) is 25.0 Å². The van der Waals surface area contributed by atoms with Gasteiger partial charge in [0.25, 0.3) is 5.91 Å². The summed E-state index contributed by atoms with van der Waals surface area (Å²) < 4.78 is 0. The van der Waals surface area contributed by atoms with E-state index in [9.17, 15) is 4.79 Å². The molecule has 1 amide bonds. The normalized spacial score (nSPS) is 14.3. The number of amides is 1. The number of hydrogen-bond acceptors (Lipinski definition) is 3. The summed E-state index contributed by atoms with van der Waals surface area (Å²) in [6.07, 6.45) is 3.14. The quantitative estimate of drug-likeness (QED) is 0.770. The van der Waals surface area contributed by atoms with Crippen molar-refractivity contribution in [3.63, 3.8) is 0 Å². The van der Waals surface area contributed by atoms with E-state index < -0.39 is 0 Å². The second kappa shape index (κ2) is 5.46. The Bertz CT molecular complexity index is 314. The van der Waals surface area contributed by atoms with Crippen molar-refractivity contribution in [1.29, 1.82) is 0 Å². The molecule has 2 N–H and O–H groups in total. The van der Waals surface area contributed by atoms with Crippen LogP contribution in [0.2, 0.25) is 0 Å². The molecule has 1 rings (SSSR count). The van der Waals surface area contributed by atoms with Crippen molar-refractivity contribution in [3.8, 4) is 0 Å². The number of carbonyl (C=O) groups excluding carboxylic acids is 1. The Morgan fingerprint density at radius 1 is 1.60 bits per heavy atom. The van der Waals surface area contributed by atoms with Crippen LogP contribution in [0.4, 0.5) is 0 Å². The SMILES string of the molecule is CC(CO)C(C)NC(=O)c1cccnc1. The molecule has 4 nitrogen and oxygen atoms in total. The van der Waals surface area contributed by atoms with E-state index in [1.165, 1.54) is 6.20 Å². The summed E-state index contributed by atoms with van der Waals surface area (Å²) in [5.41, 5.74) is 0.537. The Hall–Kier alpha value is -1.42. The summed E-state index contributed by atoms with van der Waals surface area (Å²) in [5, 5.41) is 11.7. The van der Waals surface area contributed by atoms with Gasteiger partial charge in [0.15, 0.2) is 0 Å². The number of aliphatic hydroxyl groups is 1. The van der Waals surface area contributed by atoms with Gasteiger partial charge in [-0.1, -0.05) is 6.92 Å². The van der Waals surface area contributed by atoms with Crippen molar-refractivity contribution in [3.05, 3.63) is 30.1 Å². The van der Waals surface area contributed by atoms with E-state index in [1.807, 2.05) is 13.8 Å². The maximum absolute atomic E-state index is 11.6. The first-order valence-electron chi connectivity index (χ1n) is 4.97. The maximum atomic E-state index is 11.6. The summed E-state index contributed by atoms with van der Waals surface area (Å²) in [6, 6.07) is 3.37. The minimum Gasteiger partial charge on any atom is -0.396 e. The van der Waals surface area contributed by atoms with Gasteiger partial charge in [-0.3, -0.25) is 9.78 Å². The van der Waals surface area contributed by atoms with Crippen LogP contribution >= 0.6 is 0 Å². The van der Waals surface area contributed by atoms with Crippen LogP contribution in [0.5, 0.6) is 0 Å². The van der Waals surface area contributed by atoms with Crippen LogP contribution in [0, 0.1) is 5.92 Å². The molecule has 15 heavy (non-hydrogen) atoms. The second-order valence-electron chi connectivity index (χ2n) is 3.66. The first-order chi connectivity index (χ1) is 7.15. The van der Waals surface area contributed by atoms with Gasteiger partial charge in [0.1, 0.15) is 0 Å². The number of nitrogens with zero attached hydrogens (tertiary/aromatic N) is 1. The summed E-state index contributed by atoms with van der Waals surface area (Å²) in [5.74, 6) is -0.110. The van der Waals surface area contributed by atoms with Gasteiger partial charge in [0, 0.05) is 25.0 Å². The summed E-state index contributed by atoms with van der Waals surface area (Å²) in [7, 11) is 0. The molecule has 0 aliphatic carbocycles. The molecule has 1 aromatic rings. The van der Waals surface area contributed by atoms with Crippen molar-refractivity contribution in [2.75, 3.05) is 6.61 Å². The monoisotopic (exact) mass is 208 g/mol. The smallest absolute Gasteiger partial charge is 0.253 e. The number of pyridine rings is 1. The van der Waals surface area contributed by atoms with Crippen LogP contribution in [0.3, 0.4) is 0 Å². The lowest BCUT2D eigenvalue weighted by Gasteiger charge is -2.18. The summed E-state index contributed by atoms with van der Waals surface area (Å²) >= 11 is 0. The molecule has 0 aliphatic heterocycles. The molecule has 0 aliphatic rings. The predicted octanol–water partition coefficient (Wildman–Crippen LogP) is 0.828. The second-order valence-corrected chi connectivity index (χ2v) is 3.66. The van der Waals surface area contributed by atoms with Gasteiger partial charge >= 0.3 is 0 Å². The van der Waals surface area contributed by atoms with Crippen molar-refractivity contribution in [2.45, 2.75) is 19.9 Å². The topological polar surface area (TPSA) is 62.2 Å². The molecule has 82 valence electrons. The molecule has 1 aromatic heterocycles. The molecular formula is C11H16N2O2. The Balaban J connectivity index is 2.57. The lowest BCUT2D eigenvalue weighted by atomic mass is 10.0. The van der Waals surface area contributed by atoms with Gasteiger partial charge in [-0.25, -0.2) is 0 Å². The zero-order valence-electron chi connectivity index (χ0n) is 8.97. The van der Waals surface area contributed by atoms with Crippen LogP contribution in [0.25, 0.3) is 0 Å². The molecule has 2 atom stereocenters. The van der Waals surface area contributed by atoms with Gasteiger partial charge in [-0.2, -0.15) is 0 Å². The van der Waals surface area contributed by atoms with E-state index >= 15 is 0 Å². The molecular weight excluding hydrogens is 192 g/mol. The van der Waals surface area contributed by atoms with E-state index in [0.29, 0.717) is 5.56 Å². The van der Waals surface area contributed by atoms with E-state index in [1.54, 1.807) is 18.3 Å². The zero-order valence-corrected chi connectivity index (χ0v) is 8.97. The average Bonchev–Trinajstić information content (AvgIpc) is 2.29. The molecule has 2 unspecified atom stereocenters. The third kappa shape index (κ3) is 3.32. The fourth-order valence-electron chi connectivity index (χ4n) is 1.09. The van der Waals surface area contributed by atoms with Crippen LogP contribution in [-0.2, 0) is 0 Å². The minimum absolute atomic E-state index is 0.0469. The Morgan fingerprint density at radius 3 is 2.87 bits per heavy atom. The molecule has 0 fully saturated rings. The first kappa shape index (κ1) is 11.7. The highest BCUT2D eigenvalue weighted by Gasteiger charge is 2.14. The number of aromatic nitrogens is 1. The average molecular weight is 208 g/mol. The fourth-order valence-corrected chi connectivity index (χ4v) is 1.09. The number of carbonyl (C=O) groups is 1. The molecule has 0 radical (unpaired) electrons. The Labute approximate surface area is 89.3 Å².